The standard InChI is InChI=1S/C25H38N4O2.CH4S/c1-4-7-15-29(16-8-5-2)24-18-21(17-23(28-24)26-14-6-3)25(31)27-22(19-30)20-12-10-9-11-13-20;1-2/h9-13,17-18,22,30H,4-8,14-16,19H2,1-3H3,(H,26,28)(H,27,31);2H,1H3. The number of carbonyl (C=O) groups excluding carboxylic acids is 1. The number of aliphatic hydroxyl groups excluding tert-OH is 1. The van der Waals surface area contributed by atoms with Crippen molar-refractivity contribution in [3.63, 3.8) is 0 Å². The Labute approximate surface area is 205 Å². The summed E-state index contributed by atoms with van der Waals surface area (Å²) in [5.74, 6) is 1.33. The molecule has 0 aliphatic rings. The number of anilines is 2. The van der Waals surface area contributed by atoms with Gasteiger partial charge < -0.3 is 20.6 Å². The van der Waals surface area contributed by atoms with Crippen molar-refractivity contribution in [3.05, 3.63) is 53.6 Å². The van der Waals surface area contributed by atoms with Gasteiger partial charge in [-0.1, -0.05) is 63.9 Å². The van der Waals surface area contributed by atoms with E-state index in [1.165, 1.54) is 0 Å². The van der Waals surface area contributed by atoms with E-state index in [-0.39, 0.29) is 12.5 Å². The van der Waals surface area contributed by atoms with Gasteiger partial charge in [-0.25, -0.2) is 4.98 Å². The molecule has 0 bridgehead atoms. The van der Waals surface area contributed by atoms with Crippen LogP contribution in [-0.4, -0.2) is 48.5 Å². The minimum Gasteiger partial charge on any atom is -0.394 e. The molecule has 0 saturated carbocycles. The third kappa shape index (κ3) is 10.0. The summed E-state index contributed by atoms with van der Waals surface area (Å²) >= 11 is 3.53. The first-order valence-corrected chi connectivity index (χ1v) is 12.9. The molecule has 0 radical (unpaired) electrons. The van der Waals surface area contributed by atoms with E-state index in [2.05, 4.69) is 48.9 Å². The molecular weight excluding hydrogens is 432 g/mol. The molecule has 7 heteroatoms. The van der Waals surface area contributed by atoms with Crippen molar-refractivity contribution in [2.24, 2.45) is 0 Å². The Morgan fingerprint density at radius 1 is 1.03 bits per heavy atom. The SMILES string of the molecule is CCCCN(CCCC)c1cc(C(=O)NC(CO)c2ccccc2)cc(NCCC)n1.CS. The average Bonchev–Trinajstić information content (AvgIpc) is 2.87. The lowest BCUT2D eigenvalue weighted by Gasteiger charge is -2.25. The largest absolute Gasteiger partial charge is 0.394 e. The molecule has 1 aromatic heterocycles. The Morgan fingerprint density at radius 3 is 2.21 bits per heavy atom. The molecule has 1 aromatic carbocycles. The van der Waals surface area contributed by atoms with E-state index in [4.69, 9.17) is 4.98 Å². The Balaban J connectivity index is 0.00000265. The number of thiol groups is 1. The molecule has 0 fully saturated rings. The second-order valence-electron chi connectivity index (χ2n) is 7.84. The van der Waals surface area contributed by atoms with Crippen molar-refractivity contribution in [1.82, 2.24) is 10.3 Å². The molecule has 3 N–H and O–H groups in total. The van der Waals surface area contributed by atoms with E-state index in [9.17, 15) is 9.90 Å². The maximum Gasteiger partial charge on any atom is 0.252 e. The van der Waals surface area contributed by atoms with Gasteiger partial charge in [0, 0.05) is 25.2 Å². The number of benzene rings is 1. The number of pyridine rings is 1. The predicted molar refractivity (Wildman–Crippen MR) is 144 cm³/mol. The van der Waals surface area contributed by atoms with Gasteiger partial charge in [0.2, 0.25) is 0 Å². The Hall–Kier alpha value is -2.25. The zero-order valence-corrected chi connectivity index (χ0v) is 21.6. The van der Waals surface area contributed by atoms with Crippen LogP contribution in [0.3, 0.4) is 0 Å². The van der Waals surface area contributed by atoms with E-state index in [0.717, 1.165) is 63.1 Å². The third-order valence-corrected chi connectivity index (χ3v) is 5.21. The van der Waals surface area contributed by atoms with Gasteiger partial charge >= 0.3 is 0 Å². The minimum absolute atomic E-state index is 0.159. The monoisotopic (exact) mass is 474 g/mol. The summed E-state index contributed by atoms with van der Waals surface area (Å²) in [4.78, 5) is 20.2. The number of rotatable bonds is 14. The Bertz CT molecular complexity index is 781. The molecule has 0 spiro atoms. The number of nitrogens with one attached hydrogen (secondary N) is 2. The highest BCUT2D eigenvalue weighted by atomic mass is 32.1. The summed E-state index contributed by atoms with van der Waals surface area (Å²) in [6.07, 6.45) is 7.06. The van der Waals surface area contributed by atoms with E-state index in [0.29, 0.717) is 11.4 Å². The van der Waals surface area contributed by atoms with Gasteiger partial charge in [0.25, 0.3) is 5.91 Å². The predicted octanol–water partition coefficient (Wildman–Crippen LogP) is 5.32. The molecule has 1 amide bonds. The molecule has 1 unspecified atom stereocenters. The quantitative estimate of drug-likeness (QED) is 0.279. The zero-order chi connectivity index (χ0) is 24.5. The topological polar surface area (TPSA) is 77.5 Å². The molecule has 184 valence electrons. The van der Waals surface area contributed by atoms with Crippen LogP contribution in [0.5, 0.6) is 0 Å². The third-order valence-electron chi connectivity index (χ3n) is 5.21. The molecule has 1 heterocycles. The van der Waals surface area contributed by atoms with Gasteiger partial charge in [-0.3, -0.25) is 4.79 Å². The second-order valence-corrected chi connectivity index (χ2v) is 7.84. The van der Waals surface area contributed by atoms with Crippen molar-refractivity contribution < 1.29 is 9.90 Å². The van der Waals surface area contributed by atoms with E-state index in [1.54, 1.807) is 12.3 Å². The molecule has 0 aliphatic heterocycles. The summed E-state index contributed by atoms with van der Waals surface area (Å²) in [6.45, 7) is 8.95. The molecule has 6 nitrogen and oxygen atoms in total. The first-order valence-electron chi connectivity index (χ1n) is 12.0. The van der Waals surface area contributed by atoms with Crippen LogP contribution in [0.25, 0.3) is 0 Å². The normalized spacial score (nSPS) is 11.2. The smallest absolute Gasteiger partial charge is 0.252 e. The number of hydrogen-bond acceptors (Lipinski definition) is 6. The molecule has 33 heavy (non-hydrogen) atoms. The maximum absolute atomic E-state index is 13.1. The number of amides is 1. The zero-order valence-electron chi connectivity index (χ0n) is 20.7. The van der Waals surface area contributed by atoms with Gasteiger partial charge in [-0.15, -0.1) is 0 Å². The summed E-state index contributed by atoms with van der Waals surface area (Å²) in [5, 5.41) is 16.1. The van der Waals surface area contributed by atoms with Crippen molar-refractivity contribution in [2.75, 3.05) is 42.7 Å². The van der Waals surface area contributed by atoms with Crippen LogP contribution in [0.1, 0.15) is 74.8 Å². The van der Waals surface area contributed by atoms with E-state index >= 15 is 0 Å². The number of aliphatic hydroxyl groups is 1. The number of aromatic nitrogens is 1. The van der Waals surface area contributed by atoms with Crippen LogP contribution in [0.4, 0.5) is 11.6 Å². The van der Waals surface area contributed by atoms with Crippen LogP contribution in [-0.2, 0) is 0 Å². The van der Waals surface area contributed by atoms with Crippen molar-refractivity contribution >= 4 is 30.2 Å². The number of nitrogens with zero attached hydrogens (tertiary/aromatic N) is 2. The molecular formula is C26H42N4O2S. The lowest BCUT2D eigenvalue weighted by Crippen LogP contribution is -2.32. The Kier molecular flexibility index (Phi) is 15.1. The lowest BCUT2D eigenvalue weighted by molar-refractivity contribution is 0.0916. The fourth-order valence-electron chi connectivity index (χ4n) is 3.35. The minimum atomic E-state index is -0.450. The van der Waals surface area contributed by atoms with Gasteiger partial charge in [-0.05, 0) is 43.2 Å². The van der Waals surface area contributed by atoms with Crippen molar-refractivity contribution in [3.8, 4) is 0 Å². The van der Waals surface area contributed by atoms with Gasteiger partial charge in [0.05, 0.1) is 12.6 Å². The molecule has 1 atom stereocenters. The van der Waals surface area contributed by atoms with Gasteiger partial charge in [0.15, 0.2) is 0 Å². The van der Waals surface area contributed by atoms with E-state index < -0.39 is 6.04 Å². The summed E-state index contributed by atoms with van der Waals surface area (Å²) in [6, 6.07) is 12.8. The highest BCUT2D eigenvalue weighted by Gasteiger charge is 2.18. The summed E-state index contributed by atoms with van der Waals surface area (Å²) in [5.41, 5.74) is 1.43. The Morgan fingerprint density at radius 2 is 1.67 bits per heavy atom. The molecule has 2 rings (SSSR count). The molecule has 2 aromatic rings. The highest BCUT2D eigenvalue weighted by Crippen LogP contribution is 2.21. The van der Waals surface area contributed by atoms with Crippen molar-refractivity contribution in [2.45, 2.75) is 58.9 Å². The summed E-state index contributed by atoms with van der Waals surface area (Å²) < 4.78 is 0. The molecule has 0 saturated heterocycles. The van der Waals surface area contributed by atoms with Crippen molar-refractivity contribution in [1.29, 1.82) is 0 Å². The lowest BCUT2D eigenvalue weighted by atomic mass is 10.1. The number of hydrogen-bond donors (Lipinski definition) is 4. The maximum atomic E-state index is 13.1. The number of carbonyl (C=O) groups is 1. The fourth-order valence-corrected chi connectivity index (χ4v) is 3.35. The summed E-state index contributed by atoms with van der Waals surface area (Å²) in [7, 11) is 0. The number of unbranched alkanes of at least 4 members (excludes halogenated alkanes) is 2. The fraction of sp³-hybridized carbons (Fsp3) is 0.538. The highest BCUT2D eigenvalue weighted by molar-refractivity contribution is 7.79. The van der Waals surface area contributed by atoms with Gasteiger partial charge in [-0.2, -0.15) is 12.6 Å². The molecule has 0 aliphatic carbocycles. The van der Waals surface area contributed by atoms with E-state index in [1.807, 2.05) is 36.4 Å². The van der Waals surface area contributed by atoms with Crippen LogP contribution >= 0.6 is 12.6 Å². The first kappa shape index (κ1) is 28.8. The average molecular weight is 475 g/mol. The first-order chi connectivity index (χ1) is 16.1. The van der Waals surface area contributed by atoms with Crippen LogP contribution in [0, 0.1) is 0 Å². The van der Waals surface area contributed by atoms with Gasteiger partial charge in [0.1, 0.15) is 11.6 Å². The van der Waals surface area contributed by atoms with Crippen LogP contribution < -0.4 is 15.5 Å². The van der Waals surface area contributed by atoms with Crippen LogP contribution in [0.2, 0.25) is 0 Å². The second kappa shape index (κ2) is 17.3. The van der Waals surface area contributed by atoms with Crippen LogP contribution in [0.15, 0.2) is 42.5 Å².